The number of furan rings is 1. The van der Waals surface area contributed by atoms with Gasteiger partial charge in [-0.05, 0) is 74.1 Å². The zero-order valence-corrected chi connectivity index (χ0v) is 26.6. The van der Waals surface area contributed by atoms with Crippen LogP contribution in [-0.2, 0) is 0 Å². The van der Waals surface area contributed by atoms with Crippen LogP contribution < -0.4 is 0 Å². The number of nitrogens with zero attached hydrogens (tertiary/aromatic N) is 3. The minimum Gasteiger partial charge on any atom is -0.456 e. The summed E-state index contributed by atoms with van der Waals surface area (Å²) in [6.07, 6.45) is 0. The Kier molecular flexibility index (Phi) is 4.65. The molecule has 0 fully saturated rings. The molecule has 51 heavy (non-hydrogen) atoms. The maximum Gasteiger partial charge on any atom is 0.164 e. The monoisotopic (exact) mass is 662 g/mol. The van der Waals surface area contributed by atoms with Crippen LogP contribution in [-0.4, -0.2) is 15.0 Å². The zero-order valence-electron chi connectivity index (χ0n) is 37.6. The Labute approximate surface area is 309 Å². The van der Waals surface area contributed by atoms with Crippen LogP contribution in [0.25, 0.3) is 99.9 Å². The second kappa shape index (κ2) is 11.9. The molecule has 0 aliphatic rings. The number of fused-ring (bicyclic) bond motifs is 5. The molecule has 0 saturated heterocycles. The molecule has 10 rings (SSSR count). The van der Waals surface area contributed by atoms with Crippen LogP contribution in [0, 0.1) is 0 Å². The molecule has 0 aliphatic carbocycles. The first-order valence-corrected chi connectivity index (χ1v) is 16.2. The average molecular weight is 663 g/mol. The quantitative estimate of drug-likeness (QED) is 0.184. The lowest BCUT2D eigenvalue weighted by molar-refractivity contribution is 0.669. The molecule has 238 valence electrons. The van der Waals surface area contributed by atoms with E-state index in [1.807, 2.05) is 84.9 Å². The minimum absolute atomic E-state index is 0.0145. The summed E-state index contributed by atoms with van der Waals surface area (Å²) in [5.74, 6) is 0.338. The van der Waals surface area contributed by atoms with Gasteiger partial charge >= 0.3 is 0 Å². The predicted molar refractivity (Wildman–Crippen MR) is 209 cm³/mol. The fraction of sp³-hybridized carbons (Fsp3) is 0. The van der Waals surface area contributed by atoms with Gasteiger partial charge in [-0.25, -0.2) is 15.0 Å². The van der Waals surface area contributed by atoms with Gasteiger partial charge in [0.25, 0.3) is 0 Å². The van der Waals surface area contributed by atoms with E-state index in [-0.39, 0.29) is 74.7 Å². The summed E-state index contributed by atoms with van der Waals surface area (Å²) >= 11 is 0. The lowest BCUT2D eigenvalue weighted by Gasteiger charge is -2.14. The number of hydrogen-bond acceptors (Lipinski definition) is 4. The molecule has 0 saturated carbocycles. The minimum atomic E-state index is -0.508. The van der Waals surface area contributed by atoms with Crippen LogP contribution in [0.2, 0.25) is 0 Å². The van der Waals surface area contributed by atoms with Gasteiger partial charge in [-0.2, -0.15) is 0 Å². The summed E-state index contributed by atoms with van der Waals surface area (Å²) in [7, 11) is 0. The third-order valence-electron chi connectivity index (χ3n) is 8.98. The number of benzene rings is 8. The molecule has 0 spiro atoms. The number of para-hydroxylation sites is 1. The SMILES string of the molecule is [2H]c1cc([2H])c2oc3c([2H])c([2H])c([2H])c([2H])c3c2c1-c1nc(-c2ccc(-c3c([2H])c([2H])c([2H])c([2H])c3[2H])c(-c3ccc4ccccc4c3)c2)nc(-c2ccc3ccccc3c2)n1. The fourth-order valence-electron chi connectivity index (χ4n) is 6.54. The average Bonchev–Trinajstić information content (AvgIpc) is 3.69. The largest absolute Gasteiger partial charge is 0.456 e. The Balaban J connectivity index is 1.29. The van der Waals surface area contributed by atoms with E-state index in [2.05, 4.69) is 0 Å². The van der Waals surface area contributed by atoms with E-state index in [4.69, 9.17) is 33.1 Å². The molecular formula is C47H29N3O. The Hall–Kier alpha value is -6.91. The van der Waals surface area contributed by atoms with Crippen molar-refractivity contribution in [2.24, 2.45) is 0 Å². The van der Waals surface area contributed by atoms with Crippen molar-refractivity contribution in [2.75, 3.05) is 0 Å². The molecular weight excluding hydrogens is 623 g/mol. The molecule has 10 aromatic rings. The molecule has 2 aromatic heterocycles. The maximum absolute atomic E-state index is 9.22. The number of hydrogen-bond donors (Lipinski definition) is 0. The predicted octanol–water partition coefficient (Wildman–Crippen LogP) is 12.4. The van der Waals surface area contributed by atoms with Crippen molar-refractivity contribution in [1.29, 1.82) is 0 Å². The Bertz CT molecular complexity index is 3540. The third kappa shape index (κ3) is 5.13. The van der Waals surface area contributed by atoms with Crippen molar-refractivity contribution in [3.63, 3.8) is 0 Å². The lowest BCUT2D eigenvalue weighted by atomic mass is 9.91. The van der Waals surface area contributed by atoms with E-state index in [0.29, 0.717) is 27.8 Å². The smallest absolute Gasteiger partial charge is 0.164 e. The molecule has 0 atom stereocenters. The summed E-state index contributed by atoms with van der Waals surface area (Å²) in [5.41, 5.74) is 2.52. The standard InChI is InChI=1S/C47H29N3O/c1-2-13-32(14-3-1)38-26-25-37(29-41(38)35-23-21-30-11-4-6-15-33(30)27-35)46-48-45(36-24-22-31-12-5-7-16-34(31)28-36)49-47(50-46)40-18-10-20-43-44(40)39-17-8-9-19-42(39)51-43/h1-29H/i1D,2D,3D,8D,9D,13D,14D,17D,18D,19D,20D. The van der Waals surface area contributed by atoms with Crippen molar-refractivity contribution in [3.05, 3.63) is 176 Å². The van der Waals surface area contributed by atoms with Crippen molar-refractivity contribution in [3.8, 4) is 56.4 Å². The molecule has 0 bridgehead atoms. The number of aromatic nitrogens is 3. The van der Waals surface area contributed by atoms with Crippen molar-refractivity contribution in [1.82, 2.24) is 15.0 Å². The van der Waals surface area contributed by atoms with E-state index < -0.39 is 42.3 Å². The second-order valence-corrected chi connectivity index (χ2v) is 12.0. The van der Waals surface area contributed by atoms with Gasteiger partial charge in [0.05, 0.1) is 15.1 Å². The molecule has 4 heteroatoms. The third-order valence-corrected chi connectivity index (χ3v) is 8.98. The molecule has 0 radical (unpaired) electrons. The van der Waals surface area contributed by atoms with Gasteiger partial charge in [-0.15, -0.1) is 0 Å². The summed E-state index contributed by atoms with van der Waals surface area (Å²) in [5, 5.41) is 3.85. The molecule has 0 N–H and O–H groups in total. The summed E-state index contributed by atoms with van der Waals surface area (Å²) in [6, 6.07) is 29.1. The molecule has 4 nitrogen and oxygen atoms in total. The normalized spacial score (nSPS) is 14.5. The molecule has 2 heterocycles. The van der Waals surface area contributed by atoms with Gasteiger partial charge in [0, 0.05) is 27.5 Å². The second-order valence-electron chi connectivity index (χ2n) is 12.0. The van der Waals surface area contributed by atoms with Gasteiger partial charge in [0.2, 0.25) is 0 Å². The van der Waals surface area contributed by atoms with Crippen LogP contribution >= 0.6 is 0 Å². The van der Waals surface area contributed by atoms with E-state index in [1.54, 1.807) is 18.2 Å². The Morgan fingerprint density at radius 2 is 1.00 bits per heavy atom. The first-order chi connectivity index (χ1) is 29.8. The first-order valence-electron chi connectivity index (χ1n) is 21.7. The highest BCUT2D eigenvalue weighted by molar-refractivity contribution is 6.11. The lowest BCUT2D eigenvalue weighted by Crippen LogP contribution is -2.01. The summed E-state index contributed by atoms with van der Waals surface area (Å²) < 4.78 is 101. The van der Waals surface area contributed by atoms with Gasteiger partial charge < -0.3 is 4.42 Å². The van der Waals surface area contributed by atoms with Crippen LogP contribution in [0.1, 0.15) is 15.1 Å². The van der Waals surface area contributed by atoms with Crippen LogP contribution in [0.4, 0.5) is 0 Å². The van der Waals surface area contributed by atoms with Crippen LogP contribution in [0.5, 0.6) is 0 Å². The zero-order chi connectivity index (χ0) is 43.3. The van der Waals surface area contributed by atoms with E-state index in [9.17, 15) is 1.37 Å². The molecule has 0 unspecified atom stereocenters. The van der Waals surface area contributed by atoms with Gasteiger partial charge in [-0.1, -0.05) is 145 Å². The van der Waals surface area contributed by atoms with Crippen LogP contribution in [0.3, 0.4) is 0 Å². The maximum atomic E-state index is 9.22. The topological polar surface area (TPSA) is 51.8 Å². The van der Waals surface area contributed by atoms with E-state index in [1.165, 1.54) is 6.07 Å². The Morgan fingerprint density at radius 3 is 1.76 bits per heavy atom. The first kappa shape index (κ1) is 19.9. The molecule has 0 aliphatic heterocycles. The van der Waals surface area contributed by atoms with Gasteiger partial charge in [0.1, 0.15) is 11.2 Å². The highest BCUT2D eigenvalue weighted by Crippen LogP contribution is 2.39. The fourth-order valence-corrected chi connectivity index (χ4v) is 6.54. The highest BCUT2D eigenvalue weighted by Gasteiger charge is 2.19. The van der Waals surface area contributed by atoms with Crippen molar-refractivity contribution < 1.29 is 19.5 Å². The molecule has 8 aromatic carbocycles. The Morgan fingerprint density at radius 1 is 0.392 bits per heavy atom. The summed E-state index contributed by atoms with van der Waals surface area (Å²) in [6.45, 7) is 0. The van der Waals surface area contributed by atoms with E-state index in [0.717, 1.165) is 21.5 Å². The number of rotatable bonds is 5. The van der Waals surface area contributed by atoms with Gasteiger partial charge in [-0.3, -0.25) is 0 Å². The van der Waals surface area contributed by atoms with Crippen molar-refractivity contribution in [2.45, 2.75) is 0 Å². The van der Waals surface area contributed by atoms with Gasteiger partial charge in [0.15, 0.2) is 17.5 Å². The van der Waals surface area contributed by atoms with E-state index >= 15 is 0 Å². The van der Waals surface area contributed by atoms with Crippen LogP contribution in [0.15, 0.2) is 180 Å². The van der Waals surface area contributed by atoms with Crippen molar-refractivity contribution >= 4 is 43.5 Å². The summed E-state index contributed by atoms with van der Waals surface area (Å²) in [4.78, 5) is 14.8. The molecule has 0 amide bonds. The highest BCUT2D eigenvalue weighted by atomic mass is 16.3.